The summed E-state index contributed by atoms with van der Waals surface area (Å²) in [5.74, 6) is 0.200. The molecular formula is C21H24N2OS. The second-order valence-electron chi connectivity index (χ2n) is 5.48. The maximum atomic E-state index is 12.1. The Morgan fingerprint density at radius 3 is 2.32 bits per heavy atom. The van der Waals surface area contributed by atoms with Crippen molar-refractivity contribution < 1.29 is 4.79 Å². The fraction of sp³-hybridized carbons (Fsp3) is 0.238. The number of hydrogen-bond acceptors (Lipinski definition) is 3. The number of rotatable bonds is 5. The predicted octanol–water partition coefficient (Wildman–Crippen LogP) is 5.37. The number of thiophene rings is 1. The van der Waals surface area contributed by atoms with Crippen LogP contribution < -0.4 is 5.32 Å². The van der Waals surface area contributed by atoms with Crippen molar-refractivity contribution in [2.45, 2.75) is 26.7 Å². The van der Waals surface area contributed by atoms with Crippen molar-refractivity contribution in [1.82, 2.24) is 10.3 Å². The predicted molar refractivity (Wildman–Crippen MR) is 106 cm³/mol. The average molecular weight is 353 g/mol. The van der Waals surface area contributed by atoms with Crippen molar-refractivity contribution >= 4 is 17.2 Å². The lowest BCUT2D eigenvalue weighted by molar-refractivity contribution is 0.0951. The number of carbonyl (C=O) groups excluding carboxylic acids is 1. The molecule has 2 heterocycles. The van der Waals surface area contributed by atoms with Gasteiger partial charge >= 0.3 is 0 Å². The highest BCUT2D eigenvalue weighted by Crippen LogP contribution is 2.24. The summed E-state index contributed by atoms with van der Waals surface area (Å²) in [6.07, 6.45) is 3.25. The first kappa shape index (κ1) is 18.9. The summed E-state index contributed by atoms with van der Waals surface area (Å²) in [4.78, 5) is 16.0. The molecule has 3 aromatic rings. The number of amides is 1. The lowest BCUT2D eigenvalue weighted by Gasteiger charge is -2.13. The third-order valence-corrected chi connectivity index (χ3v) is 4.53. The molecule has 1 unspecified atom stereocenters. The third-order valence-electron chi connectivity index (χ3n) is 3.85. The molecule has 2 aromatic heterocycles. The molecule has 0 bridgehead atoms. The summed E-state index contributed by atoms with van der Waals surface area (Å²) >= 11 is 1.70. The number of aromatic nitrogens is 1. The summed E-state index contributed by atoms with van der Waals surface area (Å²) in [5, 5.41) is 7.20. The summed E-state index contributed by atoms with van der Waals surface area (Å²) in [5.41, 5.74) is 4.34. The van der Waals surface area contributed by atoms with Crippen molar-refractivity contribution in [2.75, 3.05) is 6.54 Å². The fourth-order valence-corrected chi connectivity index (χ4v) is 3.07. The molecule has 3 nitrogen and oxygen atoms in total. The minimum atomic E-state index is -0.0610. The van der Waals surface area contributed by atoms with Crippen LogP contribution >= 0.6 is 11.3 Å². The van der Waals surface area contributed by atoms with E-state index in [1.165, 1.54) is 16.7 Å². The summed E-state index contributed by atoms with van der Waals surface area (Å²) < 4.78 is 0. The lowest BCUT2D eigenvalue weighted by atomic mass is 9.98. The fourth-order valence-electron chi connectivity index (χ4n) is 2.40. The molecule has 0 aliphatic heterocycles. The van der Waals surface area contributed by atoms with E-state index in [2.05, 4.69) is 58.3 Å². The van der Waals surface area contributed by atoms with Gasteiger partial charge < -0.3 is 5.32 Å². The molecule has 0 saturated carbocycles. The standard InChI is InChI=1S/C19H18N2OS.C2H6/c1-14(12-21-19(22)17-6-9-20-10-7-17)15-2-4-16(5-3-15)18-8-11-23-13-18;1-2/h2-11,13-14H,12H2,1H3,(H,21,22);1-2H3. The number of benzene rings is 1. The Morgan fingerprint density at radius 2 is 1.72 bits per heavy atom. The zero-order valence-electron chi connectivity index (χ0n) is 14.9. The molecule has 0 aliphatic carbocycles. The van der Waals surface area contributed by atoms with Gasteiger partial charge in [-0.1, -0.05) is 45.0 Å². The molecule has 3 rings (SSSR count). The molecule has 130 valence electrons. The van der Waals surface area contributed by atoms with Crippen LogP contribution in [0.25, 0.3) is 11.1 Å². The minimum absolute atomic E-state index is 0.0610. The van der Waals surface area contributed by atoms with Crippen LogP contribution in [0.4, 0.5) is 0 Å². The normalized spacial score (nSPS) is 11.2. The Balaban J connectivity index is 0.00000109. The Bertz CT molecular complexity index is 752. The van der Waals surface area contributed by atoms with Gasteiger partial charge in [0, 0.05) is 24.5 Å². The molecular weight excluding hydrogens is 328 g/mol. The van der Waals surface area contributed by atoms with Gasteiger partial charge in [0.25, 0.3) is 5.91 Å². The van der Waals surface area contributed by atoms with Gasteiger partial charge in [-0.15, -0.1) is 0 Å². The van der Waals surface area contributed by atoms with E-state index in [0.29, 0.717) is 12.1 Å². The second-order valence-corrected chi connectivity index (χ2v) is 6.26. The van der Waals surface area contributed by atoms with Gasteiger partial charge in [0.05, 0.1) is 0 Å². The van der Waals surface area contributed by atoms with E-state index in [1.807, 2.05) is 13.8 Å². The van der Waals surface area contributed by atoms with Crippen LogP contribution in [0.3, 0.4) is 0 Å². The SMILES string of the molecule is CC.CC(CNC(=O)c1ccncc1)c1ccc(-c2ccsc2)cc1. The number of pyridine rings is 1. The minimum Gasteiger partial charge on any atom is -0.351 e. The second kappa shape index (κ2) is 9.74. The van der Waals surface area contributed by atoms with E-state index in [0.717, 1.165) is 0 Å². The summed E-state index contributed by atoms with van der Waals surface area (Å²) in [7, 11) is 0. The van der Waals surface area contributed by atoms with E-state index in [1.54, 1.807) is 35.9 Å². The van der Waals surface area contributed by atoms with Crippen molar-refractivity contribution in [3.8, 4) is 11.1 Å². The van der Waals surface area contributed by atoms with Crippen LogP contribution in [0, 0.1) is 0 Å². The highest BCUT2D eigenvalue weighted by molar-refractivity contribution is 7.08. The van der Waals surface area contributed by atoms with Gasteiger partial charge in [-0.2, -0.15) is 11.3 Å². The molecule has 0 radical (unpaired) electrons. The third kappa shape index (κ3) is 5.26. The van der Waals surface area contributed by atoms with Crippen molar-refractivity contribution in [1.29, 1.82) is 0 Å². The van der Waals surface area contributed by atoms with Crippen LogP contribution in [-0.4, -0.2) is 17.4 Å². The number of nitrogens with one attached hydrogen (secondary N) is 1. The van der Waals surface area contributed by atoms with Gasteiger partial charge in [0.15, 0.2) is 0 Å². The number of nitrogens with zero attached hydrogens (tertiary/aromatic N) is 1. The number of carbonyl (C=O) groups is 1. The molecule has 0 spiro atoms. The van der Waals surface area contributed by atoms with Crippen LogP contribution in [0.5, 0.6) is 0 Å². The molecule has 0 fully saturated rings. The zero-order chi connectivity index (χ0) is 18.1. The molecule has 4 heteroatoms. The molecule has 0 saturated heterocycles. The highest BCUT2D eigenvalue weighted by atomic mass is 32.1. The van der Waals surface area contributed by atoms with Gasteiger partial charge in [-0.3, -0.25) is 9.78 Å². The first-order chi connectivity index (χ1) is 12.2. The van der Waals surface area contributed by atoms with E-state index < -0.39 is 0 Å². The van der Waals surface area contributed by atoms with Gasteiger partial charge in [-0.25, -0.2) is 0 Å². The van der Waals surface area contributed by atoms with Crippen molar-refractivity contribution in [3.05, 3.63) is 76.7 Å². The van der Waals surface area contributed by atoms with Crippen LogP contribution in [0.1, 0.15) is 42.6 Å². The van der Waals surface area contributed by atoms with E-state index >= 15 is 0 Å². The monoisotopic (exact) mass is 352 g/mol. The zero-order valence-corrected chi connectivity index (χ0v) is 15.7. The quantitative estimate of drug-likeness (QED) is 0.671. The largest absolute Gasteiger partial charge is 0.351 e. The smallest absolute Gasteiger partial charge is 0.251 e. The highest BCUT2D eigenvalue weighted by Gasteiger charge is 2.09. The van der Waals surface area contributed by atoms with Crippen molar-refractivity contribution in [2.24, 2.45) is 0 Å². The number of hydrogen-bond donors (Lipinski definition) is 1. The first-order valence-corrected chi connectivity index (χ1v) is 9.49. The summed E-state index contributed by atoms with van der Waals surface area (Å²) in [6.45, 7) is 6.73. The van der Waals surface area contributed by atoms with Crippen LogP contribution in [0.15, 0.2) is 65.6 Å². The summed E-state index contributed by atoms with van der Waals surface area (Å²) in [6, 6.07) is 14.1. The Morgan fingerprint density at radius 1 is 1.04 bits per heavy atom. The molecule has 0 aliphatic rings. The Labute approximate surface area is 153 Å². The van der Waals surface area contributed by atoms with E-state index in [9.17, 15) is 4.79 Å². The molecule has 25 heavy (non-hydrogen) atoms. The maximum Gasteiger partial charge on any atom is 0.251 e. The lowest BCUT2D eigenvalue weighted by Crippen LogP contribution is -2.27. The van der Waals surface area contributed by atoms with E-state index in [4.69, 9.17) is 0 Å². The molecule has 1 atom stereocenters. The molecule has 1 amide bonds. The van der Waals surface area contributed by atoms with Gasteiger partial charge in [0.1, 0.15) is 0 Å². The topological polar surface area (TPSA) is 42.0 Å². The van der Waals surface area contributed by atoms with Gasteiger partial charge in [-0.05, 0) is 51.6 Å². The Kier molecular flexibility index (Phi) is 7.36. The van der Waals surface area contributed by atoms with Crippen LogP contribution in [-0.2, 0) is 0 Å². The van der Waals surface area contributed by atoms with Crippen LogP contribution in [0.2, 0.25) is 0 Å². The van der Waals surface area contributed by atoms with E-state index in [-0.39, 0.29) is 11.8 Å². The van der Waals surface area contributed by atoms with Crippen molar-refractivity contribution in [3.63, 3.8) is 0 Å². The molecule has 1 aromatic carbocycles. The molecule has 1 N–H and O–H groups in total. The average Bonchev–Trinajstić information content (AvgIpc) is 3.23. The van der Waals surface area contributed by atoms with Gasteiger partial charge in [0.2, 0.25) is 0 Å². The maximum absolute atomic E-state index is 12.1. The Hall–Kier alpha value is -2.46. The first-order valence-electron chi connectivity index (χ1n) is 8.55.